The zero-order valence-corrected chi connectivity index (χ0v) is 9.44. The average Bonchev–Trinajstić information content (AvgIpc) is 2.27. The fourth-order valence-corrected chi connectivity index (χ4v) is 1.52. The molecule has 0 aliphatic rings. The van der Waals surface area contributed by atoms with Crippen molar-refractivity contribution in [1.82, 2.24) is 4.98 Å². The summed E-state index contributed by atoms with van der Waals surface area (Å²) in [6.45, 7) is 4.33. The number of hydrogen-bond donors (Lipinski definition) is 0. The first-order valence-electron chi connectivity index (χ1n) is 5.27. The van der Waals surface area contributed by atoms with E-state index in [1.807, 2.05) is 18.2 Å². The number of aromatic nitrogens is 1. The highest BCUT2D eigenvalue weighted by Crippen LogP contribution is 2.17. The fourth-order valence-electron chi connectivity index (χ4n) is 1.52. The molecule has 2 nitrogen and oxygen atoms in total. The molecule has 0 aliphatic heterocycles. The van der Waals surface area contributed by atoms with Crippen molar-refractivity contribution in [3.63, 3.8) is 0 Å². The first-order valence-corrected chi connectivity index (χ1v) is 5.27. The van der Waals surface area contributed by atoms with Gasteiger partial charge in [-0.3, -0.25) is 0 Å². The maximum absolute atomic E-state index is 4.62. The van der Waals surface area contributed by atoms with Crippen molar-refractivity contribution in [1.29, 1.82) is 0 Å². The van der Waals surface area contributed by atoms with Gasteiger partial charge in [0.2, 0.25) is 0 Å². The first kappa shape index (κ1) is 9.97. The molecule has 0 atom stereocenters. The molecule has 0 fully saturated rings. The number of anilines is 1. The molecule has 0 saturated carbocycles. The van der Waals surface area contributed by atoms with E-state index in [-0.39, 0.29) is 0 Å². The number of pyridine rings is 1. The zero-order valence-electron chi connectivity index (χ0n) is 9.44. The molecule has 2 rings (SSSR count). The van der Waals surface area contributed by atoms with Gasteiger partial charge < -0.3 is 4.90 Å². The molecule has 2 heteroatoms. The SMILES string of the molecule is CC(C)N(C)c1ccc2ccccc2n1. The lowest BCUT2D eigenvalue weighted by Crippen LogP contribution is -2.26. The predicted octanol–water partition coefficient (Wildman–Crippen LogP) is 3.08. The van der Waals surface area contributed by atoms with Crippen molar-refractivity contribution < 1.29 is 0 Å². The topological polar surface area (TPSA) is 16.1 Å². The van der Waals surface area contributed by atoms with Crippen molar-refractivity contribution in [3.8, 4) is 0 Å². The summed E-state index contributed by atoms with van der Waals surface area (Å²) in [5, 5.41) is 1.19. The number of hydrogen-bond acceptors (Lipinski definition) is 2. The van der Waals surface area contributed by atoms with E-state index in [1.54, 1.807) is 0 Å². The van der Waals surface area contributed by atoms with Gasteiger partial charge in [-0.1, -0.05) is 18.2 Å². The number of para-hydroxylation sites is 1. The van der Waals surface area contributed by atoms with Crippen molar-refractivity contribution in [2.45, 2.75) is 19.9 Å². The van der Waals surface area contributed by atoms with E-state index < -0.39 is 0 Å². The highest BCUT2D eigenvalue weighted by atomic mass is 15.2. The molecule has 0 bridgehead atoms. The minimum atomic E-state index is 0.471. The Bertz CT molecular complexity index is 463. The van der Waals surface area contributed by atoms with Gasteiger partial charge in [-0.05, 0) is 32.0 Å². The van der Waals surface area contributed by atoms with Crippen LogP contribution in [0.25, 0.3) is 10.9 Å². The second kappa shape index (κ2) is 3.89. The third kappa shape index (κ3) is 1.94. The van der Waals surface area contributed by atoms with E-state index >= 15 is 0 Å². The molecule has 2 aromatic rings. The predicted molar refractivity (Wildman–Crippen MR) is 65.3 cm³/mol. The van der Waals surface area contributed by atoms with Crippen LogP contribution in [-0.4, -0.2) is 18.1 Å². The van der Waals surface area contributed by atoms with Gasteiger partial charge in [0.25, 0.3) is 0 Å². The Morgan fingerprint density at radius 1 is 1.07 bits per heavy atom. The Balaban J connectivity index is 2.47. The van der Waals surface area contributed by atoms with E-state index in [0.717, 1.165) is 11.3 Å². The molecule has 0 spiro atoms. The van der Waals surface area contributed by atoms with Crippen molar-refractivity contribution in [3.05, 3.63) is 36.4 Å². The van der Waals surface area contributed by atoms with Gasteiger partial charge in [0, 0.05) is 18.5 Å². The van der Waals surface area contributed by atoms with Crippen LogP contribution in [0.5, 0.6) is 0 Å². The maximum Gasteiger partial charge on any atom is 0.129 e. The maximum atomic E-state index is 4.62. The Labute approximate surface area is 90.6 Å². The number of benzene rings is 1. The van der Waals surface area contributed by atoms with E-state index in [1.165, 1.54) is 5.39 Å². The molecule has 0 unspecified atom stereocenters. The molecule has 78 valence electrons. The van der Waals surface area contributed by atoms with Gasteiger partial charge in [0.05, 0.1) is 5.52 Å². The van der Waals surface area contributed by atoms with Crippen LogP contribution in [0.1, 0.15) is 13.8 Å². The Morgan fingerprint density at radius 3 is 2.53 bits per heavy atom. The Kier molecular flexibility index (Phi) is 2.58. The van der Waals surface area contributed by atoms with E-state index in [9.17, 15) is 0 Å². The highest BCUT2D eigenvalue weighted by molar-refractivity contribution is 5.80. The summed E-state index contributed by atoms with van der Waals surface area (Å²) in [7, 11) is 2.07. The Morgan fingerprint density at radius 2 is 1.80 bits per heavy atom. The van der Waals surface area contributed by atoms with Gasteiger partial charge in [-0.2, -0.15) is 0 Å². The smallest absolute Gasteiger partial charge is 0.129 e. The molecular weight excluding hydrogens is 184 g/mol. The third-order valence-electron chi connectivity index (χ3n) is 2.72. The van der Waals surface area contributed by atoms with Crippen LogP contribution in [0.15, 0.2) is 36.4 Å². The molecule has 15 heavy (non-hydrogen) atoms. The quantitative estimate of drug-likeness (QED) is 0.740. The van der Waals surface area contributed by atoms with Crippen LogP contribution in [0.3, 0.4) is 0 Å². The van der Waals surface area contributed by atoms with Gasteiger partial charge in [-0.25, -0.2) is 4.98 Å². The summed E-state index contributed by atoms with van der Waals surface area (Å²) in [6.07, 6.45) is 0. The molecule has 0 amide bonds. The zero-order chi connectivity index (χ0) is 10.8. The van der Waals surface area contributed by atoms with Crippen molar-refractivity contribution >= 4 is 16.7 Å². The standard InChI is InChI=1S/C13H16N2/c1-10(2)15(3)13-9-8-11-6-4-5-7-12(11)14-13/h4-10H,1-3H3. The minimum Gasteiger partial charge on any atom is -0.357 e. The lowest BCUT2D eigenvalue weighted by atomic mass is 10.2. The molecule has 1 aromatic heterocycles. The van der Waals surface area contributed by atoms with E-state index in [0.29, 0.717) is 6.04 Å². The summed E-state index contributed by atoms with van der Waals surface area (Å²) in [6, 6.07) is 12.9. The van der Waals surface area contributed by atoms with Crippen LogP contribution < -0.4 is 4.90 Å². The molecule has 0 saturated heterocycles. The summed E-state index contributed by atoms with van der Waals surface area (Å²) in [5.74, 6) is 1.03. The Hall–Kier alpha value is -1.57. The van der Waals surface area contributed by atoms with E-state index in [4.69, 9.17) is 0 Å². The summed E-state index contributed by atoms with van der Waals surface area (Å²) < 4.78 is 0. The van der Waals surface area contributed by atoms with Crippen molar-refractivity contribution in [2.75, 3.05) is 11.9 Å². The van der Waals surface area contributed by atoms with Gasteiger partial charge >= 0.3 is 0 Å². The molecule has 0 N–H and O–H groups in total. The minimum absolute atomic E-state index is 0.471. The van der Waals surface area contributed by atoms with Crippen LogP contribution >= 0.6 is 0 Å². The molecule has 0 aliphatic carbocycles. The summed E-state index contributed by atoms with van der Waals surface area (Å²) in [4.78, 5) is 6.80. The lowest BCUT2D eigenvalue weighted by molar-refractivity contribution is 0.745. The summed E-state index contributed by atoms with van der Waals surface area (Å²) >= 11 is 0. The molecule has 1 heterocycles. The van der Waals surface area contributed by atoms with Gasteiger partial charge in [-0.15, -0.1) is 0 Å². The molecule has 1 aromatic carbocycles. The first-order chi connectivity index (χ1) is 7.18. The summed E-state index contributed by atoms with van der Waals surface area (Å²) in [5.41, 5.74) is 1.06. The van der Waals surface area contributed by atoms with Crippen LogP contribution in [-0.2, 0) is 0 Å². The number of rotatable bonds is 2. The second-order valence-electron chi connectivity index (χ2n) is 4.07. The fraction of sp³-hybridized carbons (Fsp3) is 0.308. The average molecular weight is 200 g/mol. The molecule has 0 radical (unpaired) electrons. The number of fused-ring (bicyclic) bond motifs is 1. The lowest BCUT2D eigenvalue weighted by Gasteiger charge is -2.22. The highest BCUT2D eigenvalue weighted by Gasteiger charge is 2.06. The third-order valence-corrected chi connectivity index (χ3v) is 2.72. The van der Waals surface area contributed by atoms with Crippen molar-refractivity contribution in [2.24, 2.45) is 0 Å². The molecular formula is C13H16N2. The monoisotopic (exact) mass is 200 g/mol. The van der Waals surface area contributed by atoms with Gasteiger partial charge in [0.15, 0.2) is 0 Å². The van der Waals surface area contributed by atoms with Crippen LogP contribution in [0.4, 0.5) is 5.82 Å². The van der Waals surface area contributed by atoms with Gasteiger partial charge in [0.1, 0.15) is 5.82 Å². The second-order valence-corrected chi connectivity index (χ2v) is 4.07. The van der Waals surface area contributed by atoms with Crippen LogP contribution in [0.2, 0.25) is 0 Å². The van der Waals surface area contributed by atoms with E-state index in [2.05, 4.69) is 49.0 Å². The number of nitrogens with zero attached hydrogens (tertiary/aromatic N) is 2. The normalized spacial score (nSPS) is 10.9. The van der Waals surface area contributed by atoms with Crippen LogP contribution in [0, 0.1) is 0 Å². The largest absolute Gasteiger partial charge is 0.357 e.